The fraction of sp³-hybridized carbons (Fsp3) is 0.833. The first-order valence-electron chi connectivity index (χ1n) is 3.15. The van der Waals surface area contributed by atoms with Crippen molar-refractivity contribution >= 4 is 5.97 Å². The number of aliphatic carboxylic acids is 1. The van der Waals surface area contributed by atoms with Crippen LogP contribution in [0.15, 0.2) is 0 Å². The molecule has 0 heterocycles. The Morgan fingerprint density at radius 3 is 2.67 bits per heavy atom. The molecule has 0 aliphatic carbocycles. The standard InChI is InChI=1S/C6H13NO2/c1-2-3-4-5(7)6(8)9/h5H,2-4,7H2,1H3,(H,8,9)/p-1/t5-/m0/s1. The summed E-state index contributed by atoms with van der Waals surface area (Å²) in [6.45, 7) is 1.99. The van der Waals surface area contributed by atoms with Gasteiger partial charge < -0.3 is 15.6 Å². The highest BCUT2D eigenvalue weighted by molar-refractivity contribution is 5.70. The van der Waals surface area contributed by atoms with Gasteiger partial charge in [0.25, 0.3) is 0 Å². The van der Waals surface area contributed by atoms with E-state index in [9.17, 15) is 9.90 Å². The van der Waals surface area contributed by atoms with E-state index >= 15 is 0 Å². The monoisotopic (exact) mass is 130 g/mol. The third-order valence-electron chi connectivity index (χ3n) is 1.17. The number of rotatable bonds is 4. The minimum Gasteiger partial charge on any atom is -0.548 e. The van der Waals surface area contributed by atoms with Crippen LogP contribution in [0.4, 0.5) is 0 Å². The van der Waals surface area contributed by atoms with Crippen molar-refractivity contribution in [1.82, 2.24) is 0 Å². The molecule has 0 radical (unpaired) electrons. The molecule has 0 aromatic heterocycles. The minimum atomic E-state index is -1.15. The maximum absolute atomic E-state index is 9.97. The summed E-state index contributed by atoms with van der Waals surface area (Å²) in [5.74, 6) is -1.15. The van der Waals surface area contributed by atoms with Crippen LogP contribution in [0, 0.1) is 0 Å². The Labute approximate surface area is 54.9 Å². The summed E-state index contributed by atoms with van der Waals surface area (Å²) in [5, 5.41) is 9.97. The van der Waals surface area contributed by atoms with Crippen molar-refractivity contribution in [3.05, 3.63) is 0 Å². The van der Waals surface area contributed by atoms with E-state index in [4.69, 9.17) is 5.73 Å². The second-order valence-electron chi connectivity index (χ2n) is 2.07. The van der Waals surface area contributed by atoms with Gasteiger partial charge in [-0.3, -0.25) is 0 Å². The number of carbonyl (C=O) groups excluding carboxylic acids is 1. The lowest BCUT2D eigenvalue weighted by molar-refractivity contribution is -0.307. The third kappa shape index (κ3) is 3.97. The van der Waals surface area contributed by atoms with E-state index in [1.807, 2.05) is 6.92 Å². The van der Waals surface area contributed by atoms with E-state index in [1.54, 1.807) is 0 Å². The van der Waals surface area contributed by atoms with Crippen LogP contribution in [-0.2, 0) is 4.79 Å². The summed E-state index contributed by atoms with van der Waals surface area (Å²) in [6, 6.07) is -0.773. The van der Waals surface area contributed by atoms with Crippen LogP contribution in [0.3, 0.4) is 0 Å². The molecule has 0 fully saturated rings. The van der Waals surface area contributed by atoms with Gasteiger partial charge in [-0.05, 0) is 6.42 Å². The van der Waals surface area contributed by atoms with Gasteiger partial charge in [0, 0.05) is 6.04 Å². The van der Waals surface area contributed by atoms with Crippen molar-refractivity contribution in [2.45, 2.75) is 32.2 Å². The molecule has 0 aliphatic heterocycles. The van der Waals surface area contributed by atoms with Crippen molar-refractivity contribution < 1.29 is 9.90 Å². The molecule has 0 saturated carbocycles. The molecule has 0 rings (SSSR count). The van der Waals surface area contributed by atoms with Gasteiger partial charge in [-0.15, -0.1) is 0 Å². The number of carbonyl (C=O) groups is 1. The average Bonchev–Trinajstić information content (AvgIpc) is 1.82. The largest absolute Gasteiger partial charge is 0.548 e. The topological polar surface area (TPSA) is 66.2 Å². The van der Waals surface area contributed by atoms with Gasteiger partial charge in [-0.2, -0.15) is 0 Å². The zero-order chi connectivity index (χ0) is 7.28. The third-order valence-corrected chi connectivity index (χ3v) is 1.17. The molecule has 0 aromatic carbocycles. The SMILES string of the molecule is CCCC[C@H](N)C(=O)[O-]. The van der Waals surface area contributed by atoms with Gasteiger partial charge in [0.2, 0.25) is 0 Å². The Hall–Kier alpha value is -0.570. The number of unbranched alkanes of at least 4 members (excludes halogenated alkanes) is 1. The lowest BCUT2D eigenvalue weighted by Crippen LogP contribution is -2.41. The normalized spacial score (nSPS) is 13.1. The quantitative estimate of drug-likeness (QED) is 0.544. The molecule has 0 aromatic rings. The van der Waals surface area contributed by atoms with Crippen LogP contribution >= 0.6 is 0 Å². The zero-order valence-corrected chi connectivity index (χ0v) is 5.59. The predicted octanol–water partition coefficient (Wildman–Crippen LogP) is -0.746. The first-order valence-corrected chi connectivity index (χ1v) is 3.15. The smallest absolute Gasteiger partial charge is 0.0582 e. The molecular weight excluding hydrogens is 118 g/mol. The molecule has 3 heteroatoms. The molecule has 0 saturated heterocycles. The predicted molar refractivity (Wildman–Crippen MR) is 32.5 cm³/mol. The number of hydrogen-bond acceptors (Lipinski definition) is 3. The van der Waals surface area contributed by atoms with E-state index in [2.05, 4.69) is 0 Å². The van der Waals surface area contributed by atoms with Crippen LogP contribution in [0.25, 0.3) is 0 Å². The minimum absolute atomic E-state index is 0.527. The van der Waals surface area contributed by atoms with Crippen molar-refractivity contribution in [3.63, 3.8) is 0 Å². The Bertz CT molecular complexity index is 93.1. The van der Waals surface area contributed by atoms with Gasteiger partial charge in [-0.25, -0.2) is 0 Å². The van der Waals surface area contributed by atoms with E-state index < -0.39 is 12.0 Å². The molecule has 0 amide bonds. The maximum Gasteiger partial charge on any atom is 0.0582 e. The van der Waals surface area contributed by atoms with Crippen LogP contribution in [-0.4, -0.2) is 12.0 Å². The van der Waals surface area contributed by atoms with E-state index in [0.29, 0.717) is 6.42 Å². The van der Waals surface area contributed by atoms with Crippen molar-refractivity contribution in [3.8, 4) is 0 Å². The molecule has 0 bridgehead atoms. The first kappa shape index (κ1) is 8.43. The maximum atomic E-state index is 9.97. The Kier molecular flexibility index (Phi) is 4.05. The lowest BCUT2D eigenvalue weighted by atomic mass is 10.1. The fourth-order valence-electron chi connectivity index (χ4n) is 0.542. The van der Waals surface area contributed by atoms with E-state index in [-0.39, 0.29) is 0 Å². The van der Waals surface area contributed by atoms with Crippen molar-refractivity contribution in [1.29, 1.82) is 0 Å². The van der Waals surface area contributed by atoms with Gasteiger partial charge >= 0.3 is 0 Å². The van der Waals surface area contributed by atoms with Gasteiger partial charge in [0.15, 0.2) is 0 Å². The molecule has 0 aliphatic rings. The number of carboxylic acid groups (broad SMARTS) is 1. The molecule has 9 heavy (non-hydrogen) atoms. The summed E-state index contributed by atoms with van der Waals surface area (Å²) in [5.41, 5.74) is 5.14. The van der Waals surface area contributed by atoms with Gasteiger partial charge in [0.1, 0.15) is 0 Å². The average molecular weight is 130 g/mol. The molecule has 2 N–H and O–H groups in total. The lowest BCUT2D eigenvalue weighted by Gasteiger charge is -2.10. The zero-order valence-electron chi connectivity index (χ0n) is 5.59. The van der Waals surface area contributed by atoms with Crippen LogP contribution in [0.1, 0.15) is 26.2 Å². The van der Waals surface area contributed by atoms with Crippen LogP contribution < -0.4 is 10.8 Å². The van der Waals surface area contributed by atoms with Crippen LogP contribution in [0.5, 0.6) is 0 Å². The number of nitrogens with two attached hydrogens (primary N) is 1. The van der Waals surface area contributed by atoms with E-state index in [1.165, 1.54) is 0 Å². The molecule has 1 atom stereocenters. The van der Waals surface area contributed by atoms with Gasteiger partial charge in [-0.1, -0.05) is 19.8 Å². The van der Waals surface area contributed by atoms with Crippen molar-refractivity contribution in [2.24, 2.45) is 5.73 Å². The molecular formula is C6H12NO2-. The summed E-state index contributed by atoms with van der Waals surface area (Å²) in [6.07, 6.45) is 2.36. The Morgan fingerprint density at radius 1 is 1.78 bits per heavy atom. The fourth-order valence-corrected chi connectivity index (χ4v) is 0.542. The summed E-state index contributed by atoms with van der Waals surface area (Å²) in [4.78, 5) is 9.97. The second-order valence-corrected chi connectivity index (χ2v) is 2.07. The Morgan fingerprint density at radius 2 is 2.33 bits per heavy atom. The van der Waals surface area contributed by atoms with Gasteiger partial charge in [0.05, 0.1) is 5.97 Å². The summed E-state index contributed by atoms with van der Waals surface area (Å²) >= 11 is 0. The Balaban J connectivity index is 3.27. The highest BCUT2D eigenvalue weighted by Crippen LogP contribution is 1.95. The number of hydrogen-bond donors (Lipinski definition) is 1. The second kappa shape index (κ2) is 4.32. The first-order chi connectivity index (χ1) is 4.18. The number of carboxylic acids is 1. The highest BCUT2D eigenvalue weighted by Gasteiger charge is 1.99. The summed E-state index contributed by atoms with van der Waals surface area (Å²) in [7, 11) is 0. The molecule has 3 nitrogen and oxygen atoms in total. The molecule has 0 spiro atoms. The van der Waals surface area contributed by atoms with Crippen LogP contribution in [0.2, 0.25) is 0 Å². The van der Waals surface area contributed by atoms with Crippen molar-refractivity contribution in [2.75, 3.05) is 0 Å². The summed E-state index contributed by atoms with van der Waals surface area (Å²) < 4.78 is 0. The molecule has 54 valence electrons. The van der Waals surface area contributed by atoms with E-state index in [0.717, 1.165) is 12.8 Å². The highest BCUT2D eigenvalue weighted by atomic mass is 16.4. The molecule has 0 unspecified atom stereocenters.